The number of aromatic nitrogens is 4. The summed E-state index contributed by atoms with van der Waals surface area (Å²) in [6.45, 7) is 0.891. The van der Waals surface area contributed by atoms with E-state index in [1.165, 1.54) is 32.0 Å². The highest BCUT2D eigenvalue weighted by atomic mass is 16.5. The van der Waals surface area contributed by atoms with Gasteiger partial charge in [-0.25, -0.2) is 9.97 Å². The van der Waals surface area contributed by atoms with E-state index < -0.39 is 0 Å². The van der Waals surface area contributed by atoms with Gasteiger partial charge < -0.3 is 10.5 Å². The van der Waals surface area contributed by atoms with Crippen LogP contribution in [0.5, 0.6) is 5.88 Å². The summed E-state index contributed by atoms with van der Waals surface area (Å²) in [5, 5.41) is 0. The van der Waals surface area contributed by atoms with Gasteiger partial charge in [0.25, 0.3) is 0 Å². The minimum absolute atomic E-state index is 0.483. The van der Waals surface area contributed by atoms with Crippen molar-refractivity contribution in [3.63, 3.8) is 0 Å². The minimum atomic E-state index is 0.483. The summed E-state index contributed by atoms with van der Waals surface area (Å²) < 4.78 is 7.16. The first kappa shape index (κ1) is 11.3. The van der Waals surface area contributed by atoms with Crippen LogP contribution in [0.4, 0.5) is 5.95 Å². The number of anilines is 1. The fourth-order valence-electron chi connectivity index (χ4n) is 2.71. The normalized spacial score (nSPS) is 16.5. The second kappa shape index (κ2) is 4.44. The van der Waals surface area contributed by atoms with E-state index in [0.717, 1.165) is 12.2 Å². The molecule has 0 aromatic carbocycles. The van der Waals surface area contributed by atoms with E-state index in [1.807, 2.05) is 4.57 Å². The topological polar surface area (TPSA) is 78.8 Å². The van der Waals surface area contributed by atoms with Gasteiger partial charge in [-0.2, -0.15) is 4.98 Å². The van der Waals surface area contributed by atoms with E-state index in [2.05, 4.69) is 15.0 Å². The summed E-state index contributed by atoms with van der Waals surface area (Å²) >= 11 is 0. The van der Waals surface area contributed by atoms with Crippen LogP contribution in [0.25, 0.3) is 11.2 Å². The van der Waals surface area contributed by atoms with Gasteiger partial charge in [0.1, 0.15) is 6.33 Å². The molecular formula is C12H17N5O. The second-order valence-electron chi connectivity index (χ2n) is 4.79. The zero-order chi connectivity index (χ0) is 12.5. The Morgan fingerprint density at radius 2 is 2.17 bits per heavy atom. The first-order chi connectivity index (χ1) is 8.79. The number of rotatable bonds is 3. The molecular weight excluding hydrogens is 230 g/mol. The first-order valence-corrected chi connectivity index (χ1v) is 6.30. The van der Waals surface area contributed by atoms with Gasteiger partial charge in [-0.05, 0) is 18.8 Å². The van der Waals surface area contributed by atoms with Crippen molar-refractivity contribution >= 4 is 17.1 Å². The Morgan fingerprint density at radius 3 is 2.89 bits per heavy atom. The molecule has 0 aliphatic heterocycles. The number of methoxy groups -OCH3 is 1. The molecule has 1 saturated carbocycles. The predicted octanol–water partition coefficient (Wildman–Crippen LogP) is 1.61. The summed E-state index contributed by atoms with van der Waals surface area (Å²) in [7, 11) is 1.58. The van der Waals surface area contributed by atoms with Gasteiger partial charge in [-0.3, -0.25) is 4.57 Å². The molecule has 0 bridgehead atoms. The molecule has 1 fully saturated rings. The Kier molecular flexibility index (Phi) is 2.77. The van der Waals surface area contributed by atoms with Crippen LogP contribution >= 0.6 is 0 Å². The number of fused-ring (bicyclic) bond motifs is 1. The molecule has 2 N–H and O–H groups in total. The fourth-order valence-corrected chi connectivity index (χ4v) is 2.71. The lowest BCUT2D eigenvalue weighted by Gasteiger charge is -2.11. The third-order valence-corrected chi connectivity index (χ3v) is 3.64. The van der Waals surface area contributed by atoms with E-state index in [9.17, 15) is 0 Å². The van der Waals surface area contributed by atoms with Crippen molar-refractivity contribution in [1.29, 1.82) is 0 Å². The maximum absolute atomic E-state index is 5.98. The average Bonchev–Trinajstić information content (AvgIpc) is 2.99. The molecule has 18 heavy (non-hydrogen) atoms. The van der Waals surface area contributed by atoms with Crippen molar-refractivity contribution in [3.05, 3.63) is 6.33 Å². The number of hydrogen-bond donors (Lipinski definition) is 1. The zero-order valence-corrected chi connectivity index (χ0v) is 10.5. The standard InChI is InChI=1S/C12H17N5O/c1-18-11-9-10(14-7-15-11)17(12(13)16-9)6-8-4-2-3-5-8/h7-8H,2-6H2,1H3,(H2,13,16). The number of nitrogens with zero attached hydrogens (tertiary/aromatic N) is 4. The van der Waals surface area contributed by atoms with Crippen LogP contribution < -0.4 is 10.5 Å². The van der Waals surface area contributed by atoms with E-state index in [4.69, 9.17) is 10.5 Å². The molecule has 2 aromatic rings. The smallest absolute Gasteiger partial charge is 0.245 e. The van der Waals surface area contributed by atoms with Crippen LogP contribution in [0.1, 0.15) is 25.7 Å². The van der Waals surface area contributed by atoms with Gasteiger partial charge in [0.2, 0.25) is 11.8 Å². The number of hydrogen-bond acceptors (Lipinski definition) is 5. The summed E-state index contributed by atoms with van der Waals surface area (Å²) in [4.78, 5) is 12.6. The molecule has 3 rings (SSSR count). The number of imidazole rings is 1. The molecule has 6 heteroatoms. The fraction of sp³-hybridized carbons (Fsp3) is 0.583. The van der Waals surface area contributed by atoms with Gasteiger partial charge in [0.05, 0.1) is 7.11 Å². The second-order valence-corrected chi connectivity index (χ2v) is 4.79. The van der Waals surface area contributed by atoms with Crippen LogP contribution in [0, 0.1) is 5.92 Å². The molecule has 2 aromatic heterocycles. The Labute approximate surface area is 105 Å². The number of ether oxygens (including phenoxy) is 1. The van der Waals surface area contributed by atoms with Crippen molar-refractivity contribution in [3.8, 4) is 5.88 Å². The largest absolute Gasteiger partial charge is 0.479 e. The van der Waals surface area contributed by atoms with Crippen molar-refractivity contribution in [2.45, 2.75) is 32.2 Å². The van der Waals surface area contributed by atoms with E-state index in [1.54, 1.807) is 7.11 Å². The highest BCUT2D eigenvalue weighted by Crippen LogP contribution is 2.29. The van der Waals surface area contributed by atoms with Gasteiger partial charge in [-0.15, -0.1) is 0 Å². The van der Waals surface area contributed by atoms with Gasteiger partial charge in [-0.1, -0.05) is 12.8 Å². The molecule has 0 atom stereocenters. The maximum atomic E-state index is 5.98. The highest BCUT2D eigenvalue weighted by Gasteiger charge is 2.20. The van der Waals surface area contributed by atoms with E-state index in [-0.39, 0.29) is 0 Å². The highest BCUT2D eigenvalue weighted by molar-refractivity contribution is 5.78. The van der Waals surface area contributed by atoms with Crippen molar-refractivity contribution in [2.24, 2.45) is 5.92 Å². The quantitative estimate of drug-likeness (QED) is 0.891. The minimum Gasteiger partial charge on any atom is -0.479 e. The molecule has 0 amide bonds. The molecule has 96 valence electrons. The van der Waals surface area contributed by atoms with Crippen molar-refractivity contribution < 1.29 is 4.74 Å². The molecule has 2 heterocycles. The van der Waals surface area contributed by atoms with Crippen LogP contribution in [0.2, 0.25) is 0 Å². The van der Waals surface area contributed by atoms with Crippen molar-refractivity contribution in [2.75, 3.05) is 12.8 Å². The Hall–Kier alpha value is -1.85. The molecule has 0 unspecified atom stereocenters. The lowest BCUT2D eigenvalue weighted by Crippen LogP contribution is -2.10. The third-order valence-electron chi connectivity index (χ3n) is 3.64. The number of nitrogen functional groups attached to an aromatic ring is 1. The van der Waals surface area contributed by atoms with Gasteiger partial charge in [0.15, 0.2) is 11.2 Å². The summed E-state index contributed by atoms with van der Waals surface area (Å²) in [6, 6.07) is 0. The lowest BCUT2D eigenvalue weighted by molar-refractivity contribution is 0.401. The predicted molar refractivity (Wildman–Crippen MR) is 68.2 cm³/mol. The molecule has 0 radical (unpaired) electrons. The van der Waals surface area contributed by atoms with Crippen LogP contribution in [0.15, 0.2) is 6.33 Å². The first-order valence-electron chi connectivity index (χ1n) is 6.30. The number of nitrogens with two attached hydrogens (primary N) is 1. The van der Waals surface area contributed by atoms with Crippen molar-refractivity contribution in [1.82, 2.24) is 19.5 Å². The van der Waals surface area contributed by atoms with Crippen LogP contribution in [0.3, 0.4) is 0 Å². The van der Waals surface area contributed by atoms with Crippen LogP contribution in [-0.4, -0.2) is 26.6 Å². The Balaban J connectivity index is 2.02. The molecule has 0 spiro atoms. The molecule has 1 aliphatic rings. The maximum Gasteiger partial charge on any atom is 0.245 e. The lowest BCUT2D eigenvalue weighted by atomic mass is 10.1. The molecule has 6 nitrogen and oxygen atoms in total. The van der Waals surface area contributed by atoms with Gasteiger partial charge >= 0.3 is 0 Å². The van der Waals surface area contributed by atoms with E-state index in [0.29, 0.717) is 23.3 Å². The molecule has 1 aliphatic carbocycles. The van der Waals surface area contributed by atoms with Gasteiger partial charge in [0, 0.05) is 6.54 Å². The SMILES string of the molecule is COc1ncnc2c1nc(N)n2CC1CCCC1. The Bertz CT molecular complexity index is 559. The summed E-state index contributed by atoms with van der Waals surface area (Å²) in [5.41, 5.74) is 7.40. The summed E-state index contributed by atoms with van der Waals surface area (Å²) in [6.07, 6.45) is 6.65. The summed E-state index contributed by atoms with van der Waals surface area (Å²) in [5.74, 6) is 1.67. The zero-order valence-electron chi connectivity index (χ0n) is 10.5. The van der Waals surface area contributed by atoms with Crippen LogP contribution in [-0.2, 0) is 6.54 Å². The average molecular weight is 247 g/mol. The monoisotopic (exact) mass is 247 g/mol. The molecule has 0 saturated heterocycles. The van der Waals surface area contributed by atoms with E-state index >= 15 is 0 Å². The Morgan fingerprint density at radius 1 is 1.39 bits per heavy atom. The third kappa shape index (κ3) is 1.77.